The zero-order chi connectivity index (χ0) is 12.6. The molecule has 16 heavy (non-hydrogen) atoms. The average Bonchev–Trinajstić information content (AvgIpc) is 2.93. The van der Waals surface area contributed by atoms with Crippen molar-refractivity contribution in [2.45, 2.75) is 34.6 Å². The van der Waals surface area contributed by atoms with Crippen LogP contribution in [0.15, 0.2) is 24.9 Å². The molecule has 0 saturated heterocycles. The summed E-state index contributed by atoms with van der Waals surface area (Å²) >= 11 is 0. The van der Waals surface area contributed by atoms with Crippen molar-refractivity contribution in [3.63, 3.8) is 0 Å². The molecule has 90 valence electrons. The molecule has 0 bridgehead atoms. The summed E-state index contributed by atoms with van der Waals surface area (Å²) in [5.41, 5.74) is 2.05. The molecule has 0 aromatic carbocycles. The van der Waals surface area contributed by atoms with Crippen molar-refractivity contribution in [3.05, 3.63) is 30.6 Å². The smallest absolute Gasteiger partial charge is 0.0996 e. The Morgan fingerprint density at radius 3 is 2.06 bits per heavy atom. The van der Waals surface area contributed by atoms with Gasteiger partial charge >= 0.3 is 0 Å². The van der Waals surface area contributed by atoms with Gasteiger partial charge in [0.1, 0.15) is 0 Å². The molecule has 2 heterocycles. The number of nitrogens with zero attached hydrogens (tertiary/aromatic N) is 4. The summed E-state index contributed by atoms with van der Waals surface area (Å²) in [7, 11) is 1.90. The molecular formula is C12H22N4. The van der Waals surface area contributed by atoms with E-state index in [9.17, 15) is 0 Å². The fourth-order valence-corrected chi connectivity index (χ4v) is 1.10. The molecule has 0 saturated carbocycles. The van der Waals surface area contributed by atoms with E-state index in [1.165, 1.54) is 0 Å². The second kappa shape index (κ2) is 7.68. The third-order valence-corrected chi connectivity index (χ3v) is 1.70. The van der Waals surface area contributed by atoms with Crippen molar-refractivity contribution in [2.75, 3.05) is 0 Å². The molecule has 0 aliphatic rings. The first-order valence-corrected chi connectivity index (χ1v) is 5.75. The van der Waals surface area contributed by atoms with Crippen molar-refractivity contribution in [3.8, 4) is 5.69 Å². The maximum Gasteiger partial charge on any atom is 0.0996 e. The average molecular weight is 222 g/mol. The maximum atomic E-state index is 4.13. The molecule has 0 aliphatic heterocycles. The zero-order valence-electron chi connectivity index (χ0n) is 11.1. The summed E-state index contributed by atoms with van der Waals surface area (Å²) in [5, 5.41) is 4.07. The number of imidazole rings is 1. The molecule has 0 spiro atoms. The zero-order valence-corrected chi connectivity index (χ0v) is 11.1. The quantitative estimate of drug-likeness (QED) is 0.743. The van der Waals surface area contributed by atoms with Crippen LogP contribution < -0.4 is 0 Å². The highest BCUT2D eigenvalue weighted by Gasteiger charge is 1.98. The Balaban J connectivity index is 0.000000509. The third-order valence-electron chi connectivity index (χ3n) is 1.70. The van der Waals surface area contributed by atoms with Gasteiger partial charge in [-0.25, -0.2) is 4.98 Å². The number of aromatic nitrogens is 4. The lowest BCUT2D eigenvalue weighted by Gasteiger charge is -1.92. The van der Waals surface area contributed by atoms with Gasteiger partial charge in [0.2, 0.25) is 0 Å². The van der Waals surface area contributed by atoms with Crippen LogP contribution in [0.25, 0.3) is 5.69 Å². The van der Waals surface area contributed by atoms with Crippen molar-refractivity contribution < 1.29 is 0 Å². The molecule has 2 rings (SSSR count). The summed E-state index contributed by atoms with van der Waals surface area (Å²) in [6.07, 6.45) is 7.51. The van der Waals surface area contributed by atoms with Gasteiger partial charge in [0, 0.05) is 19.4 Å². The Hall–Kier alpha value is -1.58. The lowest BCUT2D eigenvalue weighted by Crippen LogP contribution is -1.87. The molecule has 0 atom stereocenters. The Morgan fingerprint density at radius 1 is 1.06 bits per heavy atom. The van der Waals surface area contributed by atoms with Crippen LogP contribution >= 0.6 is 0 Å². The number of rotatable bonds is 1. The number of hydrogen-bond donors (Lipinski definition) is 0. The fourth-order valence-electron chi connectivity index (χ4n) is 1.10. The van der Waals surface area contributed by atoms with Crippen LogP contribution in [0.1, 0.15) is 33.4 Å². The van der Waals surface area contributed by atoms with Crippen LogP contribution in [0, 0.1) is 6.92 Å². The van der Waals surface area contributed by atoms with Crippen LogP contribution in [-0.2, 0) is 7.05 Å². The van der Waals surface area contributed by atoms with E-state index in [0.717, 1.165) is 11.4 Å². The first-order valence-electron chi connectivity index (χ1n) is 5.75. The number of hydrogen-bond acceptors (Lipinski definition) is 2. The van der Waals surface area contributed by atoms with Crippen molar-refractivity contribution in [2.24, 2.45) is 7.05 Å². The lowest BCUT2D eigenvalue weighted by atomic mass is 10.5. The summed E-state index contributed by atoms with van der Waals surface area (Å²) in [6, 6.07) is 0. The van der Waals surface area contributed by atoms with Crippen molar-refractivity contribution >= 4 is 0 Å². The molecule has 0 radical (unpaired) electrons. The summed E-state index contributed by atoms with van der Waals surface area (Å²) in [4.78, 5) is 4.13. The van der Waals surface area contributed by atoms with Crippen molar-refractivity contribution in [1.29, 1.82) is 0 Å². The SMILES string of the molecule is CC.CC.Cc1cn(-c2cnn(C)c2)cn1. The Labute approximate surface area is 97.9 Å². The van der Waals surface area contributed by atoms with Crippen LogP contribution in [0.5, 0.6) is 0 Å². The molecule has 0 fully saturated rings. The normalized spacial score (nSPS) is 8.62. The summed E-state index contributed by atoms with van der Waals surface area (Å²) in [5.74, 6) is 0. The van der Waals surface area contributed by atoms with Gasteiger partial charge in [-0.15, -0.1) is 0 Å². The van der Waals surface area contributed by atoms with E-state index in [4.69, 9.17) is 0 Å². The van der Waals surface area contributed by atoms with Gasteiger partial charge in [-0.1, -0.05) is 27.7 Å². The predicted octanol–water partition coefficient (Wildman–Crippen LogP) is 2.97. The van der Waals surface area contributed by atoms with E-state index < -0.39 is 0 Å². The minimum atomic E-state index is 1.01. The maximum absolute atomic E-state index is 4.13. The van der Waals surface area contributed by atoms with E-state index in [-0.39, 0.29) is 0 Å². The van der Waals surface area contributed by atoms with Gasteiger partial charge in [-0.2, -0.15) is 5.10 Å². The number of aryl methyl sites for hydroxylation is 2. The first-order chi connectivity index (χ1) is 7.75. The van der Waals surface area contributed by atoms with Gasteiger partial charge in [-0.3, -0.25) is 4.68 Å². The molecule has 2 aromatic rings. The Bertz CT molecular complexity index is 349. The molecule has 0 unspecified atom stereocenters. The predicted molar refractivity (Wildman–Crippen MR) is 67.8 cm³/mol. The highest BCUT2D eigenvalue weighted by Crippen LogP contribution is 2.05. The van der Waals surface area contributed by atoms with Crippen LogP contribution in [0.3, 0.4) is 0 Å². The molecule has 0 N–H and O–H groups in total. The highest BCUT2D eigenvalue weighted by molar-refractivity contribution is 5.25. The Kier molecular flexibility index (Phi) is 6.92. The van der Waals surface area contributed by atoms with Crippen molar-refractivity contribution in [1.82, 2.24) is 19.3 Å². The molecular weight excluding hydrogens is 200 g/mol. The minimum absolute atomic E-state index is 1.01. The van der Waals surface area contributed by atoms with Gasteiger partial charge in [0.15, 0.2) is 0 Å². The van der Waals surface area contributed by atoms with Crippen LogP contribution in [0.2, 0.25) is 0 Å². The second-order valence-electron chi connectivity index (χ2n) is 2.79. The van der Waals surface area contributed by atoms with Gasteiger partial charge in [0.25, 0.3) is 0 Å². The van der Waals surface area contributed by atoms with E-state index in [1.54, 1.807) is 17.2 Å². The van der Waals surface area contributed by atoms with E-state index >= 15 is 0 Å². The largest absolute Gasteiger partial charge is 0.303 e. The fraction of sp³-hybridized carbons (Fsp3) is 0.500. The molecule has 0 amide bonds. The van der Waals surface area contributed by atoms with Gasteiger partial charge in [-0.05, 0) is 6.92 Å². The lowest BCUT2D eigenvalue weighted by molar-refractivity contribution is 0.767. The highest BCUT2D eigenvalue weighted by atomic mass is 15.3. The van der Waals surface area contributed by atoms with Gasteiger partial charge in [0.05, 0.1) is 23.9 Å². The summed E-state index contributed by atoms with van der Waals surface area (Å²) < 4.78 is 3.72. The van der Waals surface area contributed by atoms with E-state index in [0.29, 0.717) is 0 Å². The molecule has 0 aliphatic carbocycles. The topological polar surface area (TPSA) is 35.6 Å². The van der Waals surface area contributed by atoms with E-state index in [1.807, 2.05) is 58.6 Å². The molecule has 4 nitrogen and oxygen atoms in total. The Morgan fingerprint density at radius 2 is 1.69 bits per heavy atom. The van der Waals surface area contributed by atoms with Crippen LogP contribution in [-0.4, -0.2) is 19.3 Å². The second-order valence-corrected chi connectivity index (χ2v) is 2.79. The molecule has 2 aromatic heterocycles. The van der Waals surface area contributed by atoms with Gasteiger partial charge < -0.3 is 4.57 Å². The van der Waals surface area contributed by atoms with Crippen LogP contribution in [0.4, 0.5) is 0 Å². The van der Waals surface area contributed by atoms with E-state index in [2.05, 4.69) is 10.1 Å². The first kappa shape index (κ1) is 14.4. The monoisotopic (exact) mass is 222 g/mol. The standard InChI is InChI=1S/C8H10N4.2C2H6/c1-7-4-12(6-9-7)8-3-10-11(2)5-8;2*1-2/h3-6H,1-2H3;2*1-2H3. The molecule has 4 heteroatoms. The minimum Gasteiger partial charge on any atom is -0.303 e. The summed E-state index contributed by atoms with van der Waals surface area (Å²) in [6.45, 7) is 9.97. The third kappa shape index (κ3) is 3.88.